The minimum atomic E-state index is 0.0958. The zero-order chi connectivity index (χ0) is 23.8. The molecule has 0 spiro atoms. The van der Waals surface area contributed by atoms with Crippen LogP contribution in [0.3, 0.4) is 0 Å². The third-order valence-corrected chi connectivity index (χ3v) is 6.25. The molecule has 178 valence electrons. The second kappa shape index (κ2) is 11.4. The fourth-order valence-corrected chi connectivity index (χ4v) is 4.13. The first-order valence-corrected chi connectivity index (χ1v) is 12.3. The van der Waals surface area contributed by atoms with Gasteiger partial charge < -0.3 is 14.6 Å². The highest BCUT2D eigenvalue weighted by Gasteiger charge is 2.15. The molecule has 3 rings (SSSR count). The molecular formula is C28H39N3O2. The minimum absolute atomic E-state index is 0.0958. The summed E-state index contributed by atoms with van der Waals surface area (Å²) in [7, 11) is 0. The molecule has 1 aromatic heterocycles. The van der Waals surface area contributed by atoms with Crippen LogP contribution in [0.5, 0.6) is 5.75 Å². The molecule has 1 heterocycles. The van der Waals surface area contributed by atoms with Crippen molar-refractivity contribution in [2.45, 2.75) is 72.3 Å². The lowest BCUT2D eigenvalue weighted by atomic mass is 9.87. The zero-order valence-electron chi connectivity index (χ0n) is 20.9. The standard InChI is InChI=1S/C28H39N3O2/c1-6-21(7-2)27(32)29-18-17-26-30-24-11-8-9-12-25(24)31(26)19-10-20-33-23-15-13-22(14-16-23)28(3,4)5/h8-9,11-16,21H,6-7,10,17-20H2,1-5H3,(H,29,32). The van der Waals surface area contributed by atoms with E-state index >= 15 is 0 Å². The van der Waals surface area contributed by atoms with E-state index in [0.29, 0.717) is 13.2 Å². The van der Waals surface area contributed by atoms with E-state index in [1.165, 1.54) is 5.56 Å². The molecule has 0 aliphatic rings. The first-order chi connectivity index (χ1) is 15.8. The van der Waals surface area contributed by atoms with Gasteiger partial charge in [0.2, 0.25) is 5.91 Å². The Morgan fingerprint density at radius 2 is 1.76 bits per heavy atom. The first kappa shape index (κ1) is 24.8. The monoisotopic (exact) mass is 449 g/mol. The number of ether oxygens (including phenoxy) is 1. The maximum Gasteiger partial charge on any atom is 0.223 e. The van der Waals surface area contributed by atoms with Crippen LogP contribution >= 0.6 is 0 Å². The molecule has 1 N–H and O–H groups in total. The van der Waals surface area contributed by atoms with Crippen molar-refractivity contribution in [3.05, 3.63) is 59.9 Å². The molecule has 33 heavy (non-hydrogen) atoms. The first-order valence-electron chi connectivity index (χ1n) is 12.3. The van der Waals surface area contributed by atoms with Crippen LogP contribution in [0.1, 0.15) is 65.3 Å². The molecule has 5 heteroatoms. The van der Waals surface area contributed by atoms with Gasteiger partial charge in [0.1, 0.15) is 11.6 Å². The number of para-hydroxylation sites is 2. The van der Waals surface area contributed by atoms with Gasteiger partial charge in [-0.25, -0.2) is 4.98 Å². The quantitative estimate of drug-likeness (QED) is 0.371. The average Bonchev–Trinajstić information content (AvgIpc) is 3.14. The number of nitrogens with one attached hydrogen (secondary N) is 1. The Balaban J connectivity index is 1.58. The number of benzene rings is 2. The summed E-state index contributed by atoms with van der Waals surface area (Å²) in [4.78, 5) is 17.2. The van der Waals surface area contributed by atoms with Gasteiger partial charge in [-0.1, -0.05) is 58.9 Å². The van der Waals surface area contributed by atoms with E-state index in [0.717, 1.165) is 54.8 Å². The molecule has 0 saturated carbocycles. The maximum absolute atomic E-state index is 12.3. The van der Waals surface area contributed by atoms with Crippen molar-refractivity contribution in [2.75, 3.05) is 13.2 Å². The van der Waals surface area contributed by atoms with E-state index in [-0.39, 0.29) is 17.2 Å². The molecule has 0 bridgehead atoms. The number of carbonyl (C=O) groups excluding carboxylic acids is 1. The van der Waals surface area contributed by atoms with E-state index in [4.69, 9.17) is 9.72 Å². The summed E-state index contributed by atoms with van der Waals surface area (Å²) in [5, 5.41) is 3.09. The Morgan fingerprint density at radius 1 is 1.06 bits per heavy atom. The highest BCUT2D eigenvalue weighted by atomic mass is 16.5. The van der Waals surface area contributed by atoms with E-state index in [2.05, 4.69) is 74.8 Å². The Hall–Kier alpha value is -2.82. The van der Waals surface area contributed by atoms with Crippen molar-refractivity contribution in [1.29, 1.82) is 0 Å². The number of hydrogen-bond donors (Lipinski definition) is 1. The topological polar surface area (TPSA) is 56.2 Å². The van der Waals surface area contributed by atoms with Crippen molar-refractivity contribution in [2.24, 2.45) is 5.92 Å². The number of hydrogen-bond acceptors (Lipinski definition) is 3. The van der Waals surface area contributed by atoms with Crippen molar-refractivity contribution in [3.63, 3.8) is 0 Å². The number of carbonyl (C=O) groups is 1. The number of aryl methyl sites for hydroxylation is 1. The van der Waals surface area contributed by atoms with Gasteiger partial charge in [-0.15, -0.1) is 0 Å². The normalized spacial score (nSPS) is 11.8. The van der Waals surface area contributed by atoms with Gasteiger partial charge in [-0.3, -0.25) is 4.79 Å². The molecule has 0 radical (unpaired) electrons. The summed E-state index contributed by atoms with van der Waals surface area (Å²) in [6.45, 7) is 12.9. The Bertz CT molecular complexity index is 1030. The molecule has 0 atom stereocenters. The summed E-state index contributed by atoms with van der Waals surface area (Å²) in [6.07, 6.45) is 3.35. The van der Waals surface area contributed by atoms with Gasteiger partial charge >= 0.3 is 0 Å². The van der Waals surface area contributed by atoms with E-state index in [1.807, 2.05) is 18.2 Å². The van der Waals surface area contributed by atoms with Gasteiger partial charge in [-0.2, -0.15) is 0 Å². The number of amides is 1. The van der Waals surface area contributed by atoms with Crippen molar-refractivity contribution in [1.82, 2.24) is 14.9 Å². The largest absolute Gasteiger partial charge is 0.494 e. The summed E-state index contributed by atoms with van der Waals surface area (Å²) in [5.41, 5.74) is 3.58. The van der Waals surface area contributed by atoms with Crippen LogP contribution in [0.2, 0.25) is 0 Å². The molecule has 5 nitrogen and oxygen atoms in total. The molecule has 2 aromatic carbocycles. The Morgan fingerprint density at radius 3 is 2.42 bits per heavy atom. The van der Waals surface area contributed by atoms with Gasteiger partial charge in [0.25, 0.3) is 0 Å². The van der Waals surface area contributed by atoms with Crippen molar-refractivity contribution >= 4 is 16.9 Å². The van der Waals surface area contributed by atoms with Gasteiger partial charge in [0.05, 0.1) is 17.6 Å². The van der Waals surface area contributed by atoms with E-state index in [1.54, 1.807) is 0 Å². The van der Waals surface area contributed by atoms with E-state index in [9.17, 15) is 4.79 Å². The second-order valence-electron chi connectivity index (χ2n) is 9.70. The third kappa shape index (κ3) is 6.59. The van der Waals surface area contributed by atoms with Crippen LogP contribution in [0, 0.1) is 5.92 Å². The number of rotatable bonds is 11. The smallest absolute Gasteiger partial charge is 0.223 e. The summed E-state index contributed by atoms with van der Waals surface area (Å²) >= 11 is 0. The predicted molar refractivity (Wildman–Crippen MR) is 136 cm³/mol. The third-order valence-electron chi connectivity index (χ3n) is 6.25. The van der Waals surface area contributed by atoms with Crippen LogP contribution in [-0.2, 0) is 23.2 Å². The summed E-state index contributed by atoms with van der Waals surface area (Å²) in [6, 6.07) is 16.6. The highest BCUT2D eigenvalue weighted by Crippen LogP contribution is 2.24. The van der Waals surface area contributed by atoms with Crippen LogP contribution in [0.25, 0.3) is 11.0 Å². The number of nitrogens with zero attached hydrogens (tertiary/aromatic N) is 2. The SMILES string of the molecule is CCC(CC)C(=O)NCCc1nc2ccccc2n1CCCOc1ccc(C(C)(C)C)cc1. The fraction of sp³-hybridized carbons (Fsp3) is 0.500. The summed E-state index contributed by atoms with van der Waals surface area (Å²) in [5.74, 6) is 2.16. The van der Waals surface area contributed by atoms with Crippen LogP contribution < -0.4 is 10.1 Å². The van der Waals surface area contributed by atoms with E-state index < -0.39 is 0 Å². The Kier molecular flexibility index (Phi) is 8.54. The predicted octanol–water partition coefficient (Wildman–Crippen LogP) is 5.90. The second-order valence-corrected chi connectivity index (χ2v) is 9.70. The zero-order valence-corrected chi connectivity index (χ0v) is 20.9. The number of imidazole rings is 1. The van der Waals surface area contributed by atoms with Gasteiger partial charge in [0, 0.05) is 25.4 Å². The molecule has 0 unspecified atom stereocenters. The molecular weight excluding hydrogens is 410 g/mol. The average molecular weight is 450 g/mol. The lowest BCUT2D eigenvalue weighted by molar-refractivity contribution is -0.125. The molecule has 0 aliphatic carbocycles. The number of aromatic nitrogens is 2. The summed E-state index contributed by atoms with van der Waals surface area (Å²) < 4.78 is 8.27. The van der Waals surface area contributed by atoms with Crippen LogP contribution in [-0.4, -0.2) is 28.6 Å². The molecule has 0 saturated heterocycles. The van der Waals surface area contributed by atoms with Gasteiger partial charge in [-0.05, 0) is 54.5 Å². The van der Waals surface area contributed by atoms with Gasteiger partial charge in [0.15, 0.2) is 0 Å². The fourth-order valence-electron chi connectivity index (χ4n) is 4.13. The van der Waals surface area contributed by atoms with Crippen molar-refractivity contribution in [3.8, 4) is 5.75 Å². The minimum Gasteiger partial charge on any atom is -0.494 e. The molecule has 3 aromatic rings. The Labute approximate surface area is 198 Å². The molecule has 0 fully saturated rings. The molecule has 0 aliphatic heterocycles. The maximum atomic E-state index is 12.3. The van der Waals surface area contributed by atoms with Crippen molar-refractivity contribution < 1.29 is 9.53 Å². The van der Waals surface area contributed by atoms with Crippen LogP contribution in [0.4, 0.5) is 0 Å². The molecule has 1 amide bonds. The lowest BCUT2D eigenvalue weighted by Gasteiger charge is -2.19. The van der Waals surface area contributed by atoms with Crippen LogP contribution in [0.15, 0.2) is 48.5 Å². The number of fused-ring (bicyclic) bond motifs is 1. The highest BCUT2D eigenvalue weighted by molar-refractivity contribution is 5.78. The lowest BCUT2D eigenvalue weighted by Crippen LogP contribution is -2.32.